The van der Waals surface area contributed by atoms with Crippen LogP contribution in [0.3, 0.4) is 0 Å². The zero-order chi connectivity index (χ0) is 12.7. The summed E-state index contributed by atoms with van der Waals surface area (Å²) in [6.07, 6.45) is 6.99. The number of hydrogen-bond donors (Lipinski definition) is 3. The van der Waals surface area contributed by atoms with E-state index < -0.39 is 6.04 Å². The molecule has 0 aliphatic heterocycles. The Kier molecular flexibility index (Phi) is 5.69. The number of carbonyl (C=O) groups excluding carboxylic acids is 1. The van der Waals surface area contributed by atoms with Crippen LogP contribution in [0.2, 0.25) is 0 Å². The summed E-state index contributed by atoms with van der Waals surface area (Å²) in [4.78, 5) is 19.0. The fourth-order valence-corrected chi connectivity index (χ4v) is 1.67. The minimum atomic E-state index is -0.418. The number of H-pyrrole nitrogens is 1. The van der Waals surface area contributed by atoms with Gasteiger partial charge in [-0.3, -0.25) is 4.79 Å². The van der Waals surface area contributed by atoms with Gasteiger partial charge in [0.2, 0.25) is 5.91 Å². The van der Waals surface area contributed by atoms with E-state index in [1.807, 2.05) is 6.92 Å². The molecule has 17 heavy (non-hydrogen) atoms. The van der Waals surface area contributed by atoms with Gasteiger partial charge < -0.3 is 16.0 Å². The van der Waals surface area contributed by atoms with Gasteiger partial charge in [0.1, 0.15) is 5.82 Å². The van der Waals surface area contributed by atoms with Crippen molar-refractivity contribution in [2.45, 2.75) is 51.6 Å². The van der Waals surface area contributed by atoms with Crippen molar-refractivity contribution < 1.29 is 4.79 Å². The molecular formula is C12H22N4O. The van der Waals surface area contributed by atoms with Gasteiger partial charge in [-0.25, -0.2) is 4.98 Å². The minimum absolute atomic E-state index is 0.0785. The molecule has 0 aliphatic carbocycles. The van der Waals surface area contributed by atoms with E-state index in [1.54, 1.807) is 12.4 Å². The summed E-state index contributed by atoms with van der Waals surface area (Å²) < 4.78 is 0. The van der Waals surface area contributed by atoms with Crippen molar-refractivity contribution in [2.24, 2.45) is 5.73 Å². The predicted octanol–water partition coefficient (Wildman–Crippen LogP) is 1.49. The number of aromatic nitrogens is 2. The Morgan fingerprint density at radius 1 is 1.59 bits per heavy atom. The number of hydrogen-bond acceptors (Lipinski definition) is 3. The number of aromatic amines is 1. The molecule has 0 aromatic carbocycles. The van der Waals surface area contributed by atoms with E-state index in [0.717, 1.165) is 31.5 Å². The maximum Gasteiger partial charge on any atom is 0.237 e. The highest BCUT2D eigenvalue weighted by Crippen LogP contribution is 2.11. The van der Waals surface area contributed by atoms with Crippen molar-refractivity contribution in [3.8, 4) is 0 Å². The quantitative estimate of drug-likeness (QED) is 0.673. The van der Waals surface area contributed by atoms with Crippen LogP contribution in [0.25, 0.3) is 0 Å². The third-order valence-electron chi connectivity index (χ3n) is 2.78. The number of carbonyl (C=O) groups is 1. The first kappa shape index (κ1) is 13.7. The van der Waals surface area contributed by atoms with Crippen molar-refractivity contribution in [2.75, 3.05) is 0 Å². The third kappa shape index (κ3) is 4.19. The molecule has 0 fully saturated rings. The molecule has 0 saturated carbocycles. The smallest absolute Gasteiger partial charge is 0.237 e. The molecule has 0 aliphatic rings. The molecule has 1 unspecified atom stereocenters. The SMILES string of the molecule is CCCC[C@H](N)C(=O)NC(CC)c1ncc[nH]1. The number of unbranched alkanes of at least 4 members (excludes halogenated alkanes) is 1. The van der Waals surface area contributed by atoms with Gasteiger partial charge in [0.25, 0.3) is 0 Å². The largest absolute Gasteiger partial charge is 0.347 e. The molecule has 0 bridgehead atoms. The first-order chi connectivity index (χ1) is 8.19. The van der Waals surface area contributed by atoms with Gasteiger partial charge in [-0.1, -0.05) is 26.7 Å². The molecule has 1 aromatic heterocycles. The Hall–Kier alpha value is -1.36. The van der Waals surface area contributed by atoms with Gasteiger partial charge in [-0.15, -0.1) is 0 Å². The second kappa shape index (κ2) is 7.06. The third-order valence-corrected chi connectivity index (χ3v) is 2.78. The van der Waals surface area contributed by atoms with Crippen molar-refractivity contribution in [3.63, 3.8) is 0 Å². The summed E-state index contributed by atoms with van der Waals surface area (Å²) in [7, 11) is 0. The van der Waals surface area contributed by atoms with E-state index in [9.17, 15) is 4.79 Å². The summed E-state index contributed by atoms with van der Waals surface area (Å²) in [6.45, 7) is 4.09. The van der Waals surface area contributed by atoms with Gasteiger partial charge in [0, 0.05) is 12.4 Å². The topological polar surface area (TPSA) is 83.8 Å². The lowest BCUT2D eigenvalue weighted by Gasteiger charge is -2.18. The number of nitrogens with one attached hydrogen (secondary N) is 2. The molecule has 5 nitrogen and oxygen atoms in total. The van der Waals surface area contributed by atoms with Gasteiger partial charge in [-0.2, -0.15) is 0 Å². The highest BCUT2D eigenvalue weighted by atomic mass is 16.2. The van der Waals surface area contributed by atoms with Crippen molar-refractivity contribution in [1.82, 2.24) is 15.3 Å². The molecule has 4 N–H and O–H groups in total. The molecule has 5 heteroatoms. The second-order valence-electron chi connectivity index (χ2n) is 4.19. The molecule has 2 atom stereocenters. The van der Waals surface area contributed by atoms with Gasteiger partial charge in [-0.05, 0) is 12.8 Å². The predicted molar refractivity (Wildman–Crippen MR) is 67.3 cm³/mol. The number of imidazole rings is 1. The number of rotatable bonds is 7. The first-order valence-corrected chi connectivity index (χ1v) is 6.24. The van der Waals surface area contributed by atoms with E-state index >= 15 is 0 Å². The summed E-state index contributed by atoms with van der Waals surface area (Å²) in [6, 6.07) is -0.496. The lowest BCUT2D eigenvalue weighted by Crippen LogP contribution is -2.42. The van der Waals surface area contributed by atoms with Crippen LogP contribution < -0.4 is 11.1 Å². The van der Waals surface area contributed by atoms with Crippen LogP contribution in [-0.4, -0.2) is 21.9 Å². The van der Waals surface area contributed by atoms with Crippen LogP contribution in [-0.2, 0) is 4.79 Å². The Balaban J connectivity index is 2.48. The normalized spacial score (nSPS) is 14.3. The highest BCUT2D eigenvalue weighted by Gasteiger charge is 2.18. The van der Waals surface area contributed by atoms with Crippen molar-refractivity contribution in [3.05, 3.63) is 18.2 Å². The van der Waals surface area contributed by atoms with Crippen LogP contribution >= 0.6 is 0 Å². The second-order valence-corrected chi connectivity index (χ2v) is 4.19. The van der Waals surface area contributed by atoms with Crippen LogP contribution in [0, 0.1) is 0 Å². The Morgan fingerprint density at radius 3 is 2.88 bits per heavy atom. The van der Waals surface area contributed by atoms with Gasteiger partial charge in [0.15, 0.2) is 0 Å². The van der Waals surface area contributed by atoms with Crippen LogP contribution in [0.5, 0.6) is 0 Å². The van der Waals surface area contributed by atoms with Gasteiger partial charge >= 0.3 is 0 Å². The summed E-state index contributed by atoms with van der Waals surface area (Å²) in [5, 5.41) is 2.92. The Bertz CT molecular complexity index is 323. The number of nitrogens with zero attached hydrogens (tertiary/aromatic N) is 1. The van der Waals surface area contributed by atoms with E-state index in [0.29, 0.717) is 0 Å². The lowest BCUT2D eigenvalue weighted by atomic mass is 10.1. The van der Waals surface area contributed by atoms with Gasteiger partial charge in [0.05, 0.1) is 12.1 Å². The molecule has 1 amide bonds. The number of nitrogens with two attached hydrogens (primary N) is 1. The van der Waals surface area contributed by atoms with Crippen LogP contribution in [0.1, 0.15) is 51.4 Å². The monoisotopic (exact) mass is 238 g/mol. The molecule has 96 valence electrons. The molecule has 1 aromatic rings. The summed E-state index contributed by atoms with van der Waals surface area (Å²) >= 11 is 0. The average Bonchev–Trinajstić information content (AvgIpc) is 2.86. The number of amides is 1. The van der Waals surface area contributed by atoms with Crippen LogP contribution in [0.4, 0.5) is 0 Å². The molecule has 0 spiro atoms. The zero-order valence-corrected chi connectivity index (χ0v) is 10.6. The molecular weight excluding hydrogens is 216 g/mol. The first-order valence-electron chi connectivity index (χ1n) is 6.24. The fourth-order valence-electron chi connectivity index (χ4n) is 1.67. The summed E-state index contributed by atoms with van der Waals surface area (Å²) in [5.74, 6) is 0.685. The van der Waals surface area contributed by atoms with Crippen LogP contribution in [0.15, 0.2) is 12.4 Å². The van der Waals surface area contributed by atoms with E-state index in [1.165, 1.54) is 0 Å². The molecule has 1 rings (SSSR count). The molecule has 0 saturated heterocycles. The Morgan fingerprint density at radius 2 is 2.35 bits per heavy atom. The zero-order valence-electron chi connectivity index (χ0n) is 10.6. The lowest BCUT2D eigenvalue weighted by molar-refractivity contribution is -0.123. The standard InChI is InChI=1S/C12H22N4O/c1-3-5-6-9(13)12(17)16-10(4-2)11-14-7-8-15-11/h7-10H,3-6,13H2,1-2H3,(H,14,15)(H,16,17)/t9-,10?/m0/s1. The molecule has 1 heterocycles. The van der Waals surface area contributed by atoms with Crippen molar-refractivity contribution in [1.29, 1.82) is 0 Å². The van der Waals surface area contributed by atoms with E-state index in [2.05, 4.69) is 22.2 Å². The van der Waals surface area contributed by atoms with Crippen molar-refractivity contribution >= 4 is 5.91 Å². The maximum atomic E-state index is 11.8. The highest BCUT2D eigenvalue weighted by molar-refractivity contribution is 5.81. The van der Waals surface area contributed by atoms with E-state index in [4.69, 9.17) is 5.73 Å². The average molecular weight is 238 g/mol. The minimum Gasteiger partial charge on any atom is -0.347 e. The maximum absolute atomic E-state index is 11.8. The summed E-state index contributed by atoms with van der Waals surface area (Å²) in [5.41, 5.74) is 5.82. The fraction of sp³-hybridized carbons (Fsp3) is 0.667. The molecule has 0 radical (unpaired) electrons. The van der Waals surface area contributed by atoms with E-state index in [-0.39, 0.29) is 11.9 Å². The Labute approximate surface area is 102 Å².